The fourth-order valence-corrected chi connectivity index (χ4v) is 1.56. The smallest absolute Gasteiger partial charge is 0.193 e. The molecule has 0 bridgehead atoms. The minimum absolute atomic E-state index is 0.0847. The Balaban J connectivity index is 2.95. The Morgan fingerprint density at radius 2 is 1.67 bits per heavy atom. The fourth-order valence-electron chi connectivity index (χ4n) is 1.41. The van der Waals surface area contributed by atoms with Crippen molar-refractivity contribution < 1.29 is 4.79 Å². The summed E-state index contributed by atoms with van der Waals surface area (Å²) in [5.74, 6) is -0.123. The molecular weight excluding hydrogens is 204 g/mol. The van der Waals surface area contributed by atoms with E-state index >= 15 is 0 Å². The molecule has 0 spiro atoms. The van der Waals surface area contributed by atoms with Crippen molar-refractivity contribution in [3.05, 3.63) is 35.4 Å². The molecule has 0 saturated carbocycles. The Morgan fingerprint density at radius 3 is 2.00 bits per heavy atom. The van der Waals surface area contributed by atoms with Gasteiger partial charge in [0, 0.05) is 0 Å². The van der Waals surface area contributed by atoms with Crippen molar-refractivity contribution in [2.75, 3.05) is 0 Å². The van der Waals surface area contributed by atoms with Gasteiger partial charge in [-0.25, -0.2) is 0 Å². The number of carbonyl (C=O) groups is 1. The zero-order valence-corrected chi connectivity index (χ0v) is 10.6. The molecule has 2 heteroatoms. The third-order valence-corrected chi connectivity index (χ3v) is 3.03. The van der Waals surface area contributed by atoms with Crippen molar-refractivity contribution in [3.63, 3.8) is 0 Å². The summed E-state index contributed by atoms with van der Waals surface area (Å²) in [6.07, 6.45) is 0. The second-order valence-electron chi connectivity index (χ2n) is 4.93. The van der Waals surface area contributed by atoms with E-state index < -0.39 is 0 Å². The molecule has 0 aliphatic carbocycles. The minimum atomic E-state index is -0.123. The molecule has 0 fully saturated rings. The third-order valence-electron chi connectivity index (χ3n) is 2.65. The van der Waals surface area contributed by atoms with Crippen LogP contribution >= 0.6 is 12.6 Å². The van der Waals surface area contributed by atoms with Gasteiger partial charge in [-0.05, 0) is 16.5 Å². The van der Waals surface area contributed by atoms with Gasteiger partial charge < -0.3 is 0 Å². The van der Waals surface area contributed by atoms with Crippen LogP contribution in [0.15, 0.2) is 24.3 Å². The van der Waals surface area contributed by atoms with Gasteiger partial charge in [-0.1, -0.05) is 52.0 Å². The van der Waals surface area contributed by atoms with Gasteiger partial charge in [0.05, 0.1) is 5.92 Å². The molecule has 1 aromatic carbocycles. The van der Waals surface area contributed by atoms with E-state index in [9.17, 15) is 4.79 Å². The van der Waals surface area contributed by atoms with Crippen LogP contribution in [-0.4, -0.2) is 5.12 Å². The van der Waals surface area contributed by atoms with Crippen LogP contribution in [0.1, 0.15) is 44.7 Å². The molecular formula is C13H18OS. The van der Waals surface area contributed by atoms with Crippen LogP contribution < -0.4 is 0 Å². The Hall–Kier alpha value is -0.760. The van der Waals surface area contributed by atoms with Gasteiger partial charge in [-0.3, -0.25) is 4.79 Å². The summed E-state index contributed by atoms with van der Waals surface area (Å²) in [6, 6.07) is 8.20. The molecule has 1 atom stereocenters. The van der Waals surface area contributed by atoms with Gasteiger partial charge in [0.1, 0.15) is 0 Å². The fraction of sp³-hybridized carbons (Fsp3) is 0.462. The first-order valence-electron chi connectivity index (χ1n) is 5.15. The zero-order valence-electron chi connectivity index (χ0n) is 9.74. The maximum Gasteiger partial charge on any atom is 0.193 e. The quantitative estimate of drug-likeness (QED) is 0.757. The summed E-state index contributed by atoms with van der Waals surface area (Å²) in [7, 11) is 0. The molecule has 1 aromatic rings. The maximum absolute atomic E-state index is 11.1. The lowest BCUT2D eigenvalue weighted by Crippen LogP contribution is -2.11. The zero-order chi connectivity index (χ0) is 11.6. The summed E-state index contributed by atoms with van der Waals surface area (Å²) in [5.41, 5.74) is 2.47. The average molecular weight is 222 g/mol. The first kappa shape index (κ1) is 12.3. The first-order valence-corrected chi connectivity index (χ1v) is 5.60. The largest absolute Gasteiger partial charge is 0.287 e. The Labute approximate surface area is 97.3 Å². The number of hydrogen-bond donors (Lipinski definition) is 1. The normalized spacial score (nSPS) is 13.7. The van der Waals surface area contributed by atoms with Gasteiger partial charge in [0.25, 0.3) is 0 Å². The number of thiol groups is 1. The number of carbonyl (C=O) groups excluding carboxylic acids is 1. The van der Waals surface area contributed by atoms with Crippen molar-refractivity contribution in [1.82, 2.24) is 0 Å². The summed E-state index contributed by atoms with van der Waals surface area (Å²) in [4.78, 5) is 11.1. The van der Waals surface area contributed by atoms with Gasteiger partial charge in [0.15, 0.2) is 5.12 Å². The highest BCUT2D eigenvalue weighted by atomic mass is 32.1. The molecule has 1 unspecified atom stereocenters. The van der Waals surface area contributed by atoms with E-state index in [2.05, 4.69) is 45.5 Å². The van der Waals surface area contributed by atoms with Crippen LogP contribution in [0.25, 0.3) is 0 Å². The minimum Gasteiger partial charge on any atom is -0.287 e. The third kappa shape index (κ3) is 3.10. The molecule has 1 rings (SSSR count). The average Bonchev–Trinajstić information content (AvgIpc) is 2.15. The van der Waals surface area contributed by atoms with Crippen molar-refractivity contribution in [3.8, 4) is 0 Å². The number of hydrogen-bond acceptors (Lipinski definition) is 1. The Bertz CT molecular complexity index is 346. The monoisotopic (exact) mass is 222 g/mol. The van der Waals surface area contributed by atoms with Crippen molar-refractivity contribution >= 4 is 17.7 Å². The standard InChI is InChI=1S/C13H18OS/c1-9(12(14)15)10-5-7-11(8-6-10)13(2,3)4/h5-9H,1-4H3,(H,14,15). The lowest BCUT2D eigenvalue weighted by Gasteiger charge is -2.19. The van der Waals surface area contributed by atoms with Gasteiger partial charge >= 0.3 is 0 Å². The molecule has 0 saturated heterocycles. The Kier molecular flexibility index (Phi) is 3.61. The molecule has 82 valence electrons. The highest BCUT2D eigenvalue weighted by Crippen LogP contribution is 2.25. The maximum atomic E-state index is 11.1. The Morgan fingerprint density at radius 1 is 1.20 bits per heavy atom. The van der Waals surface area contributed by atoms with E-state index in [4.69, 9.17) is 0 Å². The second-order valence-corrected chi connectivity index (χ2v) is 5.37. The van der Waals surface area contributed by atoms with Gasteiger partial charge in [0.2, 0.25) is 0 Å². The number of benzene rings is 1. The van der Waals surface area contributed by atoms with Crippen LogP contribution in [0.3, 0.4) is 0 Å². The molecule has 0 aliphatic rings. The molecule has 0 amide bonds. The predicted molar refractivity (Wildman–Crippen MR) is 67.6 cm³/mol. The lowest BCUT2D eigenvalue weighted by atomic mass is 9.86. The summed E-state index contributed by atoms with van der Waals surface area (Å²) in [6.45, 7) is 8.40. The van der Waals surface area contributed by atoms with Crippen molar-refractivity contribution in [2.45, 2.75) is 39.0 Å². The van der Waals surface area contributed by atoms with Crippen LogP contribution in [0.2, 0.25) is 0 Å². The molecule has 0 heterocycles. The van der Waals surface area contributed by atoms with E-state index in [1.165, 1.54) is 5.56 Å². The molecule has 0 aliphatic heterocycles. The lowest BCUT2D eigenvalue weighted by molar-refractivity contribution is -0.111. The van der Waals surface area contributed by atoms with Crippen LogP contribution in [0.5, 0.6) is 0 Å². The molecule has 1 nitrogen and oxygen atoms in total. The highest BCUT2D eigenvalue weighted by molar-refractivity contribution is 7.96. The van der Waals surface area contributed by atoms with Crippen molar-refractivity contribution in [2.24, 2.45) is 0 Å². The van der Waals surface area contributed by atoms with Crippen LogP contribution in [0, 0.1) is 0 Å². The summed E-state index contributed by atoms with van der Waals surface area (Å²) >= 11 is 3.85. The highest BCUT2D eigenvalue weighted by Gasteiger charge is 2.15. The summed E-state index contributed by atoms with van der Waals surface area (Å²) in [5, 5.41) is -0.0847. The van der Waals surface area contributed by atoms with E-state index in [0.717, 1.165) is 5.56 Å². The van der Waals surface area contributed by atoms with E-state index in [1.54, 1.807) is 0 Å². The van der Waals surface area contributed by atoms with E-state index in [0.29, 0.717) is 0 Å². The first-order chi connectivity index (χ1) is 6.82. The SMILES string of the molecule is CC(C(=O)S)c1ccc(C(C)(C)C)cc1. The van der Waals surface area contributed by atoms with Gasteiger partial charge in [-0.2, -0.15) is 0 Å². The molecule has 0 radical (unpaired) electrons. The van der Waals surface area contributed by atoms with Crippen LogP contribution in [0.4, 0.5) is 0 Å². The predicted octanol–water partition coefficient (Wildman–Crippen LogP) is 3.54. The molecule has 15 heavy (non-hydrogen) atoms. The topological polar surface area (TPSA) is 17.1 Å². The summed E-state index contributed by atoms with van der Waals surface area (Å²) < 4.78 is 0. The molecule has 0 N–H and O–H groups in total. The molecule has 0 aromatic heterocycles. The van der Waals surface area contributed by atoms with Crippen molar-refractivity contribution in [1.29, 1.82) is 0 Å². The second kappa shape index (κ2) is 4.40. The van der Waals surface area contributed by atoms with E-state index in [1.807, 2.05) is 19.1 Å². The van der Waals surface area contributed by atoms with E-state index in [-0.39, 0.29) is 16.4 Å². The van der Waals surface area contributed by atoms with Gasteiger partial charge in [-0.15, -0.1) is 12.6 Å². The van der Waals surface area contributed by atoms with Crippen LogP contribution in [-0.2, 0) is 10.2 Å². The number of rotatable bonds is 2.